The summed E-state index contributed by atoms with van der Waals surface area (Å²) in [4.78, 5) is 0. The zero-order chi connectivity index (χ0) is 9.16. The molecule has 6 heteroatoms. The van der Waals surface area contributed by atoms with Crippen LogP contribution in [0.4, 0.5) is 0 Å². The van der Waals surface area contributed by atoms with E-state index >= 15 is 0 Å². The molecule has 3 N–H and O–H groups in total. The standard InChI is InChI=1S/C7H10O6/c8-1-2(9)4-6-5(3(1)10)12-7(11-4)13-6/h1-10H/t1?,2-,3+,4-,5-,6?,7?/m0/s1. The molecule has 2 aliphatic heterocycles. The highest BCUT2D eigenvalue weighted by molar-refractivity contribution is 5.05. The summed E-state index contributed by atoms with van der Waals surface area (Å²) in [5, 5.41) is 28.3. The monoisotopic (exact) mass is 190 g/mol. The molecule has 6 nitrogen and oxygen atoms in total. The van der Waals surface area contributed by atoms with Crippen molar-refractivity contribution in [2.45, 2.75) is 43.1 Å². The molecule has 1 aliphatic carbocycles. The van der Waals surface area contributed by atoms with E-state index in [1.54, 1.807) is 0 Å². The molecule has 3 fully saturated rings. The number of rotatable bonds is 0. The molecule has 74 valence electrons. The second-order valence-corrected chi connectivity index (χ2v) is 3.56. The lowest BCUT2D eigenvalue weighted by Crippen LogP contribution is -2.63. The number of ether oxygens (including phenoxy) is 3. The third kappa shape index (κ3) is 0.876. The van der Waals surface area contributed by atoms with Crippen molar-refractivity contribution in [1.29, 1.82) is 0 Å². The first-order valence-electron chi connectivity index (χ1n) is 4.19. The first-order valence-corrected chi connectivity index (χ1v) is 4.19. The predicted molar refractivity (Wildman–Crippen MR) is 36.4 cm³/mol. The van der Waals surface area contributed by atoms with Gasteiger partial charge in [-0.25, -0.2) is 0 Å². The smallest absolute Gasteiger partial charge is 0.272 e. The highest BCUT2D eigenvalue weighted by Gasteiger charge is 2.61. The van der Waals surface area contributed by atoms with E-state index in [9.17, 15) is 15.3 Å². The van der Waals surface area contributed by atoms with Crippen molar-refractivity contribution in [2.24, 2.45) is 0 Å². The van der Waals surface area contributed by atoms with Crippen LogP contribution in [0.15, 0.2) is 0 Å². The van der Waals surface area contributed by atoms with Crippen molar-refractivity contribution in [3.63, 3.8) is 0 Å². The molecule has 2 bridgehead atoms. The van der Waals surface area contributed by atoms with E-state index in [-0.39, 0.29) is 0 Å². The highest BCUT2D eigenvalue weighted by Crippen LogP contribution is 2.40. The zero-order valence-corrected chi connectivity index (χ0v) is 6.61. The van der Waals surface area contributed by atoms with Crippen molar-refractivity contribution in [1.82, 2.24) is 0 Å². The lowest BCUT2D eigenvalue weighted by molar-refractivity contribution is -0.286. The van der Waals surface area contributed by atoms with Gasteiger partial charge in [0.05, 0.1) is 0 Å². The fourth-order valence-corrected chi connectivity index (χ4v) is 2.12. The van der Waals surface area contributed by atoms with Gasteiger partial charge in [-0.05, 0) is 0 Å². The third-order valence-electron chi connectivity index (χ3n) is 2.83. The maximum Gasteiger partial charge on any atom is 0.272 e. The summed E-state index contributed by atoms with van der Waals surface area (Å²) in [5.74, 6) is 0. The van der Waals surface area contributed by atoms with Crippen LogP contribution in [0.2, 0.25) is 0 Å². The molecule has 1 saturated carbocycles. The van der Waals surface area contributed by atoms with Crippen molar-refractivity contribution >= 4 is 0 Å². The molecule has 0 radical (unpaired) electrons. The van der Waals surface area contributed by atoms with E-state index in [0.717, 1.165) is 0 Å². The van der Waals surface area contributed by atoms with Crippen molar-refractivity contribution < 1.29 is 29.5 Å². The van der Waals surface area contributed by atoms with E-state index in [0.29, 0.717) is 0 Å². The van der Waals surface area contributed by atoms with Crippen LogP contribution in [0.5, 0.6) is 0 Å². The van der Waals surface area contributed by atoms with Crippen LogP contribution in [0.3, 0.4) is 0 Å². The Hall–Kier alpha value is -0.240. The lowest BCUT2D eigenvalue weighted by atomic mass is 9.85. The number of aliphatic hydroxyl groups is 3. The summed E-state index contributed by atoms with van der Waals surface area (Å²) in [5.41, 5.74) is 0. The van der Waals surface area contributed by atoms with Crippen molar-refractivity contribution in [3.05, 3.63) is 0 Å². The van der Waals surface area contributed by atoms with Crippen LogP contribution in [-0.4, -0.2) is 58.4 Å². The van der Waals surface area contributed by atoms with Gasteiger partial charge in [0.2, 0.25) is 0 Å². The van der Waals surface area contributed by atoms with Gasteiger partial charge in [0.1, 0.15) is 36.6 Å². The number of hydrogen-bond donors (Lipinski definition) is 3. The molecule has 0 aromatic carbocycles. The van der Waals surface area contributed by atoms with Crippen molar-refractivity contribution in [2.75, 3.05) is 0 Å². The molecule has 2 saturated heterocycles. The van der Waals surface area contributed by atoms with Gasteiger partial charge in [0, 0.05) is 0 Å². The van der Waals surface area contributed by atoms with Gasteiger partial charge >= 0.3 is 0 Å². The summed E-state index contributed by atoms with van der Waals surface area (Å²) in [6, 6.07) is 0. The largest absolute Gasteiger partial charge is 0.387 e. The molecule has 2 heterocycles. The minimum Gasteiger partial charge on any atom is -0.387 e. The van der Waals surface area contributed by atoms with Crippen LogP contribution in [-0.2, 0) is 14.2 Å². The molecule has 7 atom stereocenters. The molecule has 3 unspecified atom stereocenters. The lowest BCUT2D eigenvalue weighted by Gasteiger charge is -2.41. The fourth-order valence-electron chi connectivity index (χ4n) is 2.12. The Morgan fingerprint density at radius 1 is 0.615 bits per heavy atom. The maximum atomic E-state index is 9.49. The second-order valence-electron chi connectivity index (χ2n) is 3.56. The Kier molecular flexibility index (Phi) is 1.50. The molecular formula is C7H10O6. The summed E-state index contributed by atoms with van der Waals surface area (Å²) in [7, 11) is 0. The van der Waals surface area contributed by atoms with Gasteiger partial charge < -0.3 is 29.5 Å². The maximum absolute atomic E-state index is 9.49. The molecule has 0 aromatic rings. The van der Waals surface area contributed by atoms with Crippen LogP contribution < -0.4 is 0 Å². The number of fused-ring (bicyclic) bond motifs is 1. The van der Waals surface area contributed by atoms with Gasteiger partial charge in [-0.15, -0.1) is 0 Å². The Morgan fingerprint density at radius 2 is 1.08 bits per heavy atom. The summed E-state index contributed by atoms with van der Waals surface area (Å²) in [6.07, 6.45) is -5.06. The van der Waals surface area contributed by atoms with E-state index < -0.39 is 43.1 Å². The quantitative estimate of drug-likeness (QED) is 0.393. The first kappa shape index (κ1) is 8.10. The third-order valence-corrected chi connectivity index (χ3v) is 2.83. The van der Waals surface area contributed by atoms with Crippen LogP contribution in [0.25, 0.3) is 0 Å². The Bertz CT molecular complexity index is 213. The SMILES string of the molecule is OC1[C@@H](O)[C@@H]2OC3OC2[C@@H](O3)[C@H]1O. The van der Waals surface area contributed by atoms with Crippen molar-refractivity contribution in [3.8, 4) is 0 Å². The molecule has 0 spiro atoms. The molecule has 3 aliphatic rings. The number of hydrogen-bond acceptors (Lipinski definition) is 6. The summed E-state index contributed by atoms with van der Waals surface area (Å²) < 4.78 is 15.3. The van der Waals surface area contributed by atoms with Gasteiger partial charge in [-0.3, -0.25) is 0 Å². The number of aliphatic hydroxyl groups excluding tert-OH is 3. The van der Waals surface area contributed by atoms with Crippen LogP contribution in [0, 0.1) is 0 Å². The molecule has 0 aromatic heterocycles. The zero-order valence-electron chi connectivity index (χ0n) is 6.61. The van der Waals surface area contributed by atoms with Gasteiger partial charge in [0.15, 0.2) is 0 Å². The van der Waals surface area contributed by atoms with E-state index in [4.69, 9.17) is 14.2 Å². The summed E-state index contributed by atoms with van der Waals surface area (Å²) in [6.45, 7) is -0.795. The average Bonchev–Trinajstić information content (AvgIpc) is 2.70. The normalized spacial score (nSPS) is 64.4. The molecule has 13 heavy (non-hydrogen) atoms. The summed E-state index contributed by atoms with van der Waals surface area (Å²) >= 11 is 0. The Labute approximate surface area is 73.6 Å². The van der Waals surface area contributed by atoms with Gasteiger partial charge in [-0.2, -0.15) is 0 Å². The van der Waals surface area contributed by atoms with E-state index in [2.05, 4.69) is 0 Å². The Morgan fingerprint density at radius 3 is 1.54 bits per heavy atom. The van der Waals surface area contributed by atoms with E-state index in [1.165, 1.54) is 0 Å². The van der Waals surface area contributed by atoms with Crippen LogP contribution >= 0.6 is 0 Å². The van der Waals surface area contributed by atoms with Gasteiger partial charge in [-0.1, -0.05) is 0 Å². The minimum atomic E-state index is -1.23. The first-order chi connectivity index (χ1) is 6.18. The van der Waals surface area contributed by atoms with E-state index in [1.807, 2.05) is 0 Å². The second kappa shape index (κ2) is 2.41. The molecule has 3 rings (SSSR count). The Balaban J connectivity index is 1.93. The predicted octanol–water partition coefficient (Wildman–Crippen LogP) is -2.45. The minimum absolute atomic E-state index is 0.460. The van der Waals surface area contributed by atoms with Crippen LogP contribution in [0.1, 0.15) is 0 Å². The van der Waals surface area contributed by atoms with Gasteiger partial charge in [0.25, 0.3) is 6.48 Å². The topological polar surface area (TPSA) is 88.4 Å². The molecular weight excluding hydrogens is 180 g/mol. The molecule has 0 amide bonds. The highest BCUT2D eigenvalue weighted by atomic mass is 16.9. The fraction of sp³-hybridized carbons (Fsp3) is 1.00. The average molecular weight is 190 g/mol.